The number of methoxy groups -OCH3 is 1. The second-order valence-electron chi connectivity index (χ2n) is 10.3. The molecule has 0 amide bonds. The number of carbonyl (C=O) groups is 1. The van der Waals surface area contributed by atoms with E-state index in [-0.39, 0.29) is 36.5 Å². The van der Waals surface area contributed by atoms with Gasteiger partial charge in [-0.15, -0.1) is 0 Å². The third kappa shape index (κ3) is 4.92. The van der Waals surface area contributed by atoms with Gasteiger partial charge in [-0.05, 0) is 72.5 Å². The van der Waals surface area contributed by atoms with Crippen molar-refractivity contribution < 1.29 is 24.1 Å². The summed E-state index contributed by atoms with van der Waals surface area (Å²) in [6.45, 7) is 13.3. The quantitative estimate of drug-likeness (QED) is 0.337. The number of carbonyl (C=O) groups excluding carboxylic acids is 1. The fraction of sp³-hybridized carbons (Fsp3) is 0.654. The maximum absolute atomic E-state index is 11.2. The molecule has 0 saturated heterocycles. The smallest absolute Gasteiger partial charge is 0.302 e. The highest BCUT2D eigenvalue weighted by atomic mass is 16.7. The molecule has 2 aliphatic carbocycles. The Morgan fingerprint density at radius 2 is 2.00 bits per heavy atom. The van der Waals surface area contributed by atoms with E-state index < -0.39 is 0 Å². The molecule has 1 aromatic carbocycles. The molecule has 2 saturated carbocycles. The molecule has 3 rings (SSSR count). The van der Waals surface area contributed by atoms with Gasteiger partial charge >= 0.3 is 5.97 Å². The molecule has 5 nitrogen and oxygen atoms in total. The molecule has 5 heteroatoms. The molecule has 0 unspecified atom stereocenters. The van der Waals surface area contributed by atoms with Gasteiger partial charge in [-0.1, -0.05) is 39.3 Å². The van der Waals surface area contributed by atoms with Gasteiger partial charge in [-0.2, -0.15) is 0 Å². The molecule has 0 bridgehead atoms. The molecule has 3 atom stereocenters. The lowest BCUT2D eigenvalue weighted by Gasteiger charge is -2.58. The molecule has 0 aliphatic heterocycles. The van der Waals surface area contributed by atoms with Gasteiger partial charge in [0.05, 0.1) is 0 Å². The Morgan fingerprint density at radius 1 is 1.26 bits per heavy atom. The van der Waals surface area contributed by atoms with E-state index in [9.17, 15) is 9.90 Å². The number of allylic oxidation sites excluding steroid dienone is 1. The van der Waals surface area contributed by atoms with Crippen LogP contribution in [0.5, 0.6) is 11.5 Å². The number of phenols is 1. The van der Waals surface area contributed by atoms with E-state index in [1.165, 1.54) is 38.2 Å². The molecular weight excluding hydrogens is 392 g/mol. The Kier molecular flexibility index (Phi) is 7.04. The van der Waals surface area contributed by atoms with Crippen LogP contribution >= 0.6 is 0 Å². The predicted molar refractivity (Wildman–Crippen MR) is 121 cm³/mol. The van der Waals surface area contributed by atoms with Gasteiger partial charge in [-0.3, -0.25) is 4.79 Å². The average molecular weight is 431 g/mol. The summed E-state index contributed by atoms with van der Waals surface area (Å²) in [6, 6.07) is 3.52. The molecule has 0 radical (unpaired) electrons. The van der Waals surface area contributed by atoms with E-state index in [2.05, 4.69) is 27.4 Å². The van der Waals surface area contributed by atoms with Crippen LogP contribution < -0.4 is 4.74 Å². The van der Waals surface area contributed by atoms with Crippen molar-refractivity contribution in [3.8, 4) is 11.5 Å². The number of fused-ring (bicyclic) bond motifs is 1. The van der Waals surface area contributed by atoms with Crippen LogP contribution in [0.4, 0.5) is 0 Å². The molecule has 31 heavy (non-hydrogen) atoms. The molecule has 0 heterocycles. The van der Waals surface area contributed by atoms with Crippen LogP contribution in [-0.2, 0) is 27.3 Å². The van der Waals surface area contributed by atoms with E-state index >= 15 is 0 Å². The van der Waals surface area contributed by atoms with Crippen molar-refractivity contribution in [3.05, 3.63) is 35.4 Å². The molecule has 1 N–H and O–H groups in total. The van der Waals surface area contributed by atoms with Crippen molar-refractivity contribution in [1.29, 1.82) is 0 Å². The van der Waals surface area contributed by atoms with Crippen molar-refractivity contribution >= 4 is 5.97 Å². The van der Waals surface area contributed by atoms with Crippen LogP contribution in [-0.4, -0.2) is 25.0 Å². The van der Waals surface area contributed by atoms with Gasteiger partial charge in [0.25, 0.3) is 0 Å². The first-order chi connectivity index (χ1) is 14.6. The standard InChI is InChI=1S/C26H38O5/c1-17-8-9-24-25(3,4)10-7-11-26(24,5)21(17)14-20-22(28)12-19(15-30-18(2)27)13-23(20)31-16-29-6/h12-13,21,24,28H,1,7-11,14-16H2,2-6H3/t21-,24-,26+/m0/s1. The van der Waals surface area contributed by atoms with Gasteiger partial charge in [-0.25, -0.2) is 0 Å². The van der Waals surface area contributed by atoms with E-state index in [0.29, 0.717) is 29.1 Å². The monoisotopic (exact) mass is 430 g/mol. The Morgan fingerprint density at radius 3 is 2.68 bits per heavy atom. The van der Waals surface area contributed by atoms with Gasteiger partial charge < -0.3 is 19.3 Å². The minimum absolute atomic E-state index is 0.0853. The molecule has 2 fully saturated rings. The third-order valence-electron chi connectivity index (χ3n) is 7.75. The summed E-state index contributed by atoms with van der Waals surface area (Å²) in [7, 11) is 1.57. The van der Waals surface area contributed by atoms with Gasteiger partial charge in [0.15, 0.2) is 6.79 Å². The summed E-state index contributed by atoms with van der Waals surface area (Å²) in [5.41, 5.74) is 3.21. The van der Waals surface area contributed by atoms with E-state index in [4.69, 9.17) is 14.2 Å². The normalized spacial score (nSPS) is 27.5. The molecule has 172 valence electrons. The maximum atomic E-state index is 11.2. The first-order valence-electron chi connectivity index (χ1n) is 11.4. The van der Waals surface area contributed by atoms with Gasteiger partial charge in [0.1, 0.15) is 18.1 Å². The van der Waals surface area contributed by atoms with Crippen molar-refractivity contribution in [2.45, 2.75) is 72.8 Å². The van der Waals surface area contributed by atoms with Crippen LogP contribution in [0.3, 0.4) is 0 Å². The lowest BCUT2D eigenvalue weighted by molar-refractivity contribution is -0.142. The Bertz CT molecular complexity index is 827. The highest BCUT2D eigenvalue weighted by Crippen LogP contribution is 2.61. The Labute approximate surface area is 186 Å². The Hall–Kier alpha value is -2.01. The first-order valence-corrected chi connectivity index (χ1v) is 11.4. The number of benzene rings is 1. The van der Waals surface area contributed by atoms with Crippen molar-refractivity contribution in [3.63, 3.8) is 0 Å². The van der Waals surface area contributed by atoms with Gasteiger partial charge in [0.2, 0.25) is 0 Å². The third-order valence-corrected chi connectivity index (χ3v) is 7.75. The summed E-state index contributed by atoms with van der Waals surface area (Å²) >= 11 is 0. The summed E-state index contributed by atoms with van der Waals surface area (Å²) in [4.78, 5) is 11.2. The minimum atomic E-state index is -0.361. The molecule has 0 spiro atoms. The molecule has 0 aromatic heterocycles. The van der Waals surface area contributed by atoms with E-state index in [1.54, 1.807) is 13.2 Å². The van der Waals surface area contributed by atoms with E-state index in [0.717, 1.165) is 12.0 Å². The fourth-order valence-corrected chi connectivity index (χ4v) is 6.27. The number of ether oxygens (including phenoxy) is 3. The predicted octanol–water partition coefficient (Wildman–Crippen LogP) is 5.78. The summed E-state index contributed by atoms with van der Waals surface area (Å²) in [5, 5.41) is 10.9. The molecule has 2 aliphatic rings. The first kappa shape index (κ1) is 23.6. The van der Waals surface area contributed by atoms with Crippen LogP contribution in [0, 0.1) is 22.7 Å². The lowest BCUT2D eigenvalue weighted by Crippen LogP contribution is -2.50. The zero-order valence-corrected chi connectivity index (χ0v) is 19.8. The number of aromatic hydroxyl groups is 1. The van der Waals surface area contributed by atoms with Crippen LogP contribution in [0.2, 0.25) is 0 Å². The van der Waals surface area contributed by atoms with Crippen LogP contribution in [0.25, 0.3) is 0 Å². The zero-order chi connectivity index (χ0) is 22.8. The second kappa shape index (κ2) is 9.23. The number of phenolic OH excluding ortho intramolecular Hbond substituents is 1. The van der Waals surface area contributed by atoms with E-state index in [1.807, 2.05) is 6.07 Å². The molecular formula is C26H38O5. The summed E-state index contributed by atoms with van der Waals surface area (Å²) in [6.07, 6.45) is 6.59. The number of rotatable bonds is 7. The number of hydrogen-bond donors (Lipinski definition) is 1. The maximum Gasteiger partial charge on any atom is 0.302 e. The lowest BCUT2D eigenvalue weighted by atomic mass is 9.47. The summed E-state index contributed by atoms with van der Waals surface area (Å²) in [5.74, 6) is 1.31. The topological polar surface area (TPSA) is 65.0 Å². The average Bonchev–Trinajstić information content (AvgIpc) is 2.68. The minimum Gasteiger partial charge on any atom is -0.508 e. The largest absolute Gasteiger partial charge is 0.508 e. The molecule has 1 aromatic rings. The zero-order valence-electron chi connectivity index (χ0n) is 19.8. The van der Waals surface area contributed by atoms with Gasteiger partial charge in [0, 0.05) is 19.6 Å². The van der Waals surface area contributed by atoms with Crippen LogP contribution in [0.15, 0.2) is 24.3 Å². The fourth-order valence-electron chi connectivity index (χ4n) is 6.27. The SMILES string of the molecule is C=C1CC[C@H]2C(C)(C)CCC[C@]2(C)[C@H]1Cc1c(O)cc(COC(C)=O)cc1OCOC. The van der Waals surface area contributed by atoms with Crippen molar-refractivity contribution in [2.75, 3.05) is 13.9 Å². The number of hydrogen-bond acceptors (Lipinski definition) is 5. The highest BCUT2D eigenvalue weighted by Gasteiger charge is 2.52. The second-order valence-corrected chi connectivity index (χ2v) is 10.3. The van der Waals surface area contributed by atoms with Crippen LogP contribution in [0.1, 0.15) is 70.9 Å². The van der Waals surface area contributed by atoms with Crippen molar-refractivity contribution in [1.82, 2.24) is 0 Å². The Balaban J connectivity index is 1.95. The number of esters is 1. The highest BCUT2D eigenvalue weighted by molar-refractivity contribution is 5.66. The summed E-state index contributed by atoms with van der Waals surface area (Å²) < 4.78 is 16.1. The van der Waals surface area contributed by atoms with Crippen molar-refractivity contribution in [2.24, 2.45) is 22.7 Å².